The van der Waals surface area contributed by atoms with Gasteiger partial charge in [-0.05, 0) is 38.7 Å². The molecule has 31 heavy (non-hydrogen) atoms. The lowest BCUT2D eigenvalue weighted by molar-refractivity contribution is -0.123. The van der Waals surface area contributed by atoms with Crippen molar-refractivity contribution in [3.8, 4) is 11.4 Å². The van der Waals surface area contributed by atoms with Crippen LogP contribution in [0.4, 0.5) is 10.2 Å². The molecule has 1 aliphatic rings. The highest BCUT2D eigenvalue weighted by Gasteiger charge is 2.25. The van der Waals surface area contributed by atoms with Gasteiger partial charge in [0.1, 0.15) is 5.65 Å². The van der Waals surface area contributed by atoms with Crippen LogP contribution in [0.25, 0.3) is 22.4 Å². The molecule has 0 aliphatic heterocycles. The van der Waals surface area contributed by atoms with E-state index in [9.17, 15) is 14.3 Å². The van der Waals surface area contributed by atoms with E-state index in [0.717, 1.165) is 30.8 Å². The molecule has 8 nitrogen and oxygen atoms in total. The molecule has 1 saturated carbocycles. The molecule has 164 valence electrons. The van der Waals surface area contributed by atoms with Crippen molar-refractivity contribution in [1.82, 2.24) is 25.3 Å². The van der Waals surface area contributed by atoms with Gasteiger partial charge in [0.25, 0.3) is 0 Å². The molecular formula is C21H24ClFN6O2. The molecule has 4 rings (SSSR count). The standard InChI is InChI=1S/C21H24ClFN6O2/c1-11(30)5-18(31)27-13-3-2-4-14(7-13)28-21-17(23)10-26-20(29-21)16-9-25-19-15(16)6-12(22)8-24-19/h6,8-11,13-14,30H,2-5,7H2,1H3,(H,24,25)(H,27,31)(H,26,28,29)/t11?,13-,14+/m1/s1. The second-order valence-corrected chi connectivity index (χ2v) is 8.40. The summed E-state index contributed by atoms with van der Waals surface area (Å²) in [6, 6.07) is 1.70. The number of carbonyl (C=O) groups is 1. The number of anilines is 1. The van der Waals surface area contributed by atoms with Crippen LogP contribution in [0.1, 0.15) is 39.0 Å². The average molecular weight is 447 g/mol. The third kappa shape index (κ3) is 5.11. The number of aromatic nitrogens is 4. The first-order chi connectivity index (χ1) is 14.9. The second-order valence-electron chi connectivity index (χ2n) is 7.97. The fraction of sp³-hybridized carbons (Fsp3) is 0.429. The van der Waals surface area contributed by atoms with Crippen molar-refractivity contribution >= 4 is 34.4 Å². The van der Waals surface area contributed by atoms with Crippen LogP contribution in [0.5, 0.6) is 0 Å². The van der Waals surface area contributed by atoms with E-state index in [0.29, 0.717) is 28.5 Å². The molecule has 0 spiro atoms. The van der Waals surface area contributed by atoms with Crippen molar-refractivity contribution in [2.75, 3.05) is 5.32 Å². The van der Waals surface area contributed by atoms with Gasteiger partial charge in [0.2, 0.25) is 5.91 Å². The second kappa shape index (κ2) is 9.15. The molecule has 3 aromatic heterocycles. The first-order valence-electron chi connectivity index (χ1n) is 10.3. The molecule has 1 aliphatic carbocycles. The number of fused-ring (bicyclic) bond motifs is 1. The topological polar surface area (TPSA) is 116 Å². The van der Waals surface area contributed by atoms with Crippen LogP contribution in [-0.2, 0) is 4.79 Å². The average Bonchev–Trinajstić information content (AvgIpc) is 3.12. The maximum atomic E-state index is 14.5. The van der Waals surface area contributed by atoms with E-state index < -0.39 is 11.9 Å². The van der Waals surface area contributed by atoms with Crippen LogP contribution in [-0.4, -0.2) is 49.1 Å². The Morgan fingerprint density at radius 1 is 1.35 bits per heavy atom. The molecule has 1 unspecified atom stereocenters. The Bertz CT molecular complexity index is 1090. The van der Waals surface area contributed by atoms with Gasteiger partial charge < -0.3 is 20.7 Å². The summed E-state index contributed by atoms with van der Waals surface area (Å²) in [6.07, 6.45) is 7.04. The molecule has 4 N–H and O–H groups in total. The van der Waals surface area contributed by atoms with Crippen LogP contribution in [0.3, 0.4) is 0 Å². The largest absolute Gasteiger partial charge is 0.393 e. The number of pyridine rings is 1. The number of aromatic amines is 1. The van der Waals surface area contributed by atoms with Gasteiger partial charge in [-0.1, -0.05) is 11.6 Å². The summed E-state index contributed by atoms with van der Waals surface area (Å²) in [5.41, 5.74) is 1.32. The molecule has 0 saturated heterocycles. The Morgan fingerprint density at radius 2 is 2.16 bits per heavy atom. The van der Waals surface area contributed by atoms with Gasteiger partial charge in [-0.2, -0.15) is 0 Å². The molecule has 3 atom stereocenters. The van der Waals surface area contributed by atoms with Crippen LogP contribution in [0.15, 0.2) is 24.7 Å². The fourth-order valence-corrected chi connectivity index (χ4v) is 4.12. The number of amides is 1. The van der Waals surface area contributed by atoms with E-state index in [1.54, 1.807) is 25.4 Å². The van der Waals surface area contributed by atoms with Gasteiger partial charge >= 0.3 is 0 Å². The molecule has 10 heteroatoms. The minimum atomic E-state index is -0.680. The highest BCUT2D eigenvalue weighted by molar-refractivity contribution is 6.31. The van der Waals surface area contributed by atoms with Gasteiger partial charge in [-0.15, -0.1) is 0 Å². The maximum absolute atomic E-state index is 14.5. The molecular weight excluding hydrogens is 423 g/mol. The minimum Gasteiger partial charge on any atom is -0.393 e. The summed E-state index contributed by atoms with van der Waals surface area (Å²) in [7, 11) is 0. The minimum absolute atomic E-state index is 0.0243. The van der Waals surface area contributed by atoms with Gasteiger partial charge in [-0.25, -0.2) is 19.3 Å². The first-order valence-corrected chi connectivity index (χ1v) is 10.7. The molecule has 0 radical (unpaired) electrons. The maximum Gasteiger partial charge on any atom is 0.222 e. The number of halogens is 2. The highest BCUT2D eigenvalue weighted by Crippen LogP contribution is 2.29. The van der Waals surface area contributed by atoms with E-state index in [-0.39, 0.29) is 30.2 Å². The number of rotatable bonds is 6. The normalized spacial score (nSPS) is 19.9. The summed E-state index contributed by atoms with van der Waals surface area (Å²) in [5, 5.41) is 16.7. The van der Waals surface area contributed by atoms with E-state index in [4.69, 9.17) is 11.6 Å². The Hall–Kier alpha value is -2.78. The number of nitrogens with one attached hydrogen (secondary N) is 3. The van der Waals surface area contributed by atoms with Crippen LogP contribution < -0.4 is 10.6 Å². The van der Waals surface area contributed by atoms with E-state index in [1.807, 2.05) is 0 Å². The summed E-state index contributed by atoms with van der Waals surface area (Å²) < 4.78 is 14.5. The van der Waals surface area contributed by atoms with Crippen molar-refractivity contribution in [3.63, 3.8) is 0 Å². The van der Waals surface area contributed by atoms with E-state index >= 15 is 0 Å². The zero-order chi connectivity index (χ0) is 22.0. The Morgan fingerprint density at radius 3 is 2.97 bits per heavy atom. The summed E-state index contributed by atoms with van der Waals surface area (Å²) in [5.74, 6) is -0.241. The number of hydrogen-bond acceptors (Lipinski definition) is 6. The summed E-state index contributed by atoms with van der Waals surface area (Å²) in [4.78, 5) is 27.8. The molecule has 1 amide bonds. The fourth-order valence-electron chi connectivity index (χ4n) is 3.96. The smallest absolute Gasteiger partial charge is 0.222 e. The van der Waals surface area contributed by atoms with Crippen molar-refractivity contribution in [3.05, 3.63) is 35.5 Å². The van der Waals surface area contributed by atoms with E-state index in [1.165, 1.54) is 0 Å². The van der Waals surface area contributed by atoms with Crippen molar-refractivity contribution < 1.29 is 14.3 Å². The predicted octanol–water partition coefficient (Wildman–Crippen LogP) is 3.42. The quantitative estimate of drug-likeness (QED) is 0.461. The number of H-pyrrole nitrogens is 1. The predicted molar refractivity (Wildman–Crippen MR) is 116 cm³/mol. The summed E-state index contributed by atoms with van der Waals surface area (Å²) in [6.45, 7) is 1.58. The third-order valence-corrected chi connectivity index (χ3v) is 5.55. The number of carbonyl (C=O) groups excluding carboxylic acids is 1. The summed E-state index contributed by atoms with van der Waals surface area (Å²) >= 11 is 6.06. The monoisotopic (exact) mass is 446 g/mol. The Kier molecular flexibility index (Phi) is 6.33. The van der Waals surface area contributed by atoms with Crippen molar-refractivity contribution in [1.29, 1.82) is 0 Å². The zero-order valence-electron chi connectivity index (χ0n) is 17.0. The number of hydrogen-bond donors (Lipinski definition) is 4. The Balaban J connectivity index is 1.50. The van der Waals surface area contributed by atoms with Crippen molar-refractivity contribution in [2.45, 2.75) is 57.2 Å². The zero-order valence-corrected chi connectivity index (χ0v) is 17.8. The molecule has 0 aromatic carbocycles. The third-order valence-electron chi connectivity index (χ3n) is 5.34. The molecule has 0 bridgehead atoms. The van der Waals surface area contributed by atoms with Crippen LogP contribution in [0.2, 0.25) is 5.02 Å². The lowest BCUT2D eigenvalue weighted by atomic mass is 9.90. The Labute approximate surface area is 183 Å². The molecule has 3 aromatic rings. The SMILES string of the molecule is CC(O)CC(=O)N[C@@H]1CCC[C@H](Nc2nc(-c3c[nH]c4ncc(Cl)cc34)ncc2F)C1. The van der Waals surface area contributed by atoms with Gasteiger partial charge in [-0.3, -0.25) is 4.79 Å². The lowest BCUT2D eigenvalue weighted by Crippen LogP contribution is -2.42. The van der Waals surface area contributed by atoms with Gasteiger partial charge in [0, 0.05) is 35.4 Å². The molecule has 1 fully saturated rings. The van der Waals surface area contributed by atoms with E-state index in [2.05, 4.69) is 30.6 Å². The molecule has 3 heterocycles. The lowest BCUT2D eigenvalue weighted by Gasteiger charge is -2.31. The number of nitrogens with zero attached hydrogens (tertiary/aromatic N) is 3. The van der Waals surface area contributed by atoms with Gasteiger partial charge in [0.05, 0.1) is 23.7 Å². The van der Waals surface area contributed by atoms with Crippen LogP contribution >= 0.6 is 11.6 Å². The first kappa shape index (κ1) is 21.5. The van der Waals surface area contributed by atoms with Crippen molar-refractivity contribution in [2.24, 2.45) is 0 Å². The van der Waals surface area contributed by atoms with Crippen LogP contribution in [0, 0.1) is 5.82 Å². The number of aliphatic hydroxyl groups is 1. The number of aliphatic hydroxyl groups excluding tert-OH is 1. The highest BCUT2D eigenvalue weighted by atomic mass is 35.5. The van der Waals surface area contributed by atoms with Gasteiger partial charge in [0.15, 0.2) is 17.5 Å².